The van der Waals surface area contributed by atoms with Crippen LogP contribution in [-0.2, 0) is 6.54 Å². The molecule has 18 heavy (non-hydrogen) atoms. The molecule has 1 heterocycles. The molecule has 0 amide bonds. The normalized spacial score (nSPS) is 18.1. The van der Waals surface area contributed by atoms with E-state index in [9.17, 15) is 4.79 Å². The summed E-state index contributed by atoms with van der Waals surface area (Å²) in [4.78, 5) is 12.3. The van der Waals surface area contributed by atoms with Crippen molar-refractivity contribution >= 4 is 0 Å². The molecule has 0 saturated heterocycles. The minimum absolute atomic E-state index is 0.164. The lowest BCUT2D eigenvalue weighted by Gasteiger charge is -2.15. The molecule has 1 atom stereocenters. The van der Waals surface area contributed by atoms with Gasteiger partial charge in [-0.3, -0.25) is 4.79 Å². The monoisotopic (exact) mass is 248 g/mol. The van der Waals surface area contributed by atoms with Gasteiger partial charge in [0.05, 0.1) is 0 Å². The first kappa shape index (κ1) is 13.3. The topological polar surface area (TPSA) is 34.0 Å². The minimum Gasteiger partial charge on any atom is -0.312 e. The number of aromatic nitrogens is 1. The van der Waals surface area contributed by atoms with E-state index in [0.717, 1.165) is 12.0 Å². The molecule has 1 saturated carbocycles. The molecule has 2 rings (SSSR count). The van der Waals surface area contributed by atoms with Crippen LogP contribution in [-0.4, -0.2) is 10.6 Å². The average molecular weight is 248 g/mol. The standard InChI is InChI=1S/C15H24N2O/c1-3-12(2)17-10-6-7-13(15(17)18)11-16-14-8-4-5-9-14/h6-7,10,12,14,16H,3-5,8-9,11H2,1-2H3. The molecule has 1 aromatic heterocycles. The third-order valence-electron chi connectivity index (χ3n) is 4.06. The van der Waals surface area contributed by atoms with Crippen molar-refractivity contribution in [3.63, 3.8) is 0 Å². The van der Waals surface area contributed by atoms with Crippen molar-refractivity contribution in [2.24, 2.45) is 0 Å². The summed E-state index contributed by atoms with van der Waals surface area (Å²) in [7, 11) is 0. The maximum absolute atomic E-state index is 12.3. The zero-order valence-corrected chi connectivity index (χ0v) is 11.5. The van der Waals surface area contributed by atoms with E-state index in [2.05, 4.69) is 19.2 Å². The highest BCUT2D eigenvalue weighted by Crippen LogP contribution is 2.17. The molecule has 0 aromatic carbocycles. The Morgan fingerprint density at radius 3 is 2.83 bits per heavy atom. The van der Waals surface area contributed by atoms with Gasteiger partial charge >= 0.3 is 0 Å². The molecule has 3 nitrogen and oxygen atoms in total. The van der Waals surface area contributed by atoms with Gasteiger partial charge in [0.1, 0.15) is 0 Å². The Hall–Kier alpha value is -1.09. The van der Waals surface area contributed by atoms with E-state index in [1.807, 2.05) is 22.9 Å². The van der Waals surface area contributed by atoms with Crippen molar-refractivity contribution in [2.75, 3.05) is 0 Å². The fourth-order valence-corrected chi connectivity index (χ4v) is 2.62. The molecule has 0 bridgehead atoms. The highest BCUT2D eigenvalue weighted by Gasteiger charge is 2.15. The molecule has 0 spiro atoms. The lowest BCUT2D eigenvalue weighted by Crippen LogP contribution is -2.31. The Kier molecular flexibility index (Phi) is 4.59. The second kappa shape index (κ2) is 6.19. The highest BCUT2D eigenvalue weighted by atomic mass is 16.1. The molecule has 0 radical (unpaired) electrons. The van der Waals surface area contributed by atoms with Crippen molar-refractivity contribution in [3.8, 4) is 0 Å². The fraction of sp³-hybridized carbons (Fsp3) is 0.667. The molecular formula is C15H24N2O. The van der Waals surface area contributed by atoms with Crippen LogP contribution in [0.25, 0.3) is 0 Å². The summed E-state index contributed by atoms with van der Waals surface area (Å²) in [6.45, 7) is 4.91. The third-order valence-corrected chi connectivity index (χ3v) is 4.06. The predicted octanol–water partition coefficient (Wildman–Crippen LogP) is 2.85. The van der Waals surface area contributed by atoms with Gasteiger partial charge in [-0.15, -0.1) is 0 Å². The number of rotatable bonds is 5. The van der Waals surface area contributed by atoms with Crippen LogP contribution in [0.2, 0.25) is 0 Å². The highest BCUT2D eigenvalue weighted by molar-refractivity contribution is 5.11. The SMILES string of the molecule is CCC(C)n1cccc(CNC2CCCC2)c1=O. The van der Waals surface area contributed by atoms with E-state index in [4.69, 9.17) is 0 Å². The molecule has 3 heteroatoms. The van der Waals surface area contributed by atoms with Crippen LogP contribution in [0.5, 0.6) is 0 Å². The first-order valence-electron chi connectivity index (χ1n) is 7.15. The van der Waals surface area contributed by atoms with Crippen LogP contribution in [0.3, 0.4) is 0 Å². The van der Waals surface area contributed by atoms with Crippen molar-refractivity contribution in [1.29, 1.82) is 0 Å². The predicted molar refractivity (Wildman–Crippen MR) is 74.8 cm³/mol. The van der Waals surface area contributed by atoms with Crippen LogP contribution in [0, 0.1) is 0 Å². The van der Waals surface area contributed by atoms with E-state index >= 15 is 0 Å². The van der Waals surface area contributed by atoms with Gasteiger partial charge in [0.25, 0.3) is 5.56 Å². The third kappa shape index (κ3) is 3.02. The second-order valence-corrected chi connectivity index (χ2v) is 5.37. The van der Waals surface area contributed by atoms with Crippen LogP contribution < -0.4 is 10.9 Å². The summed E-state index contributed by atoms with van der Waals surface area (Å²) in [5.74, 6) is 0. The Labute approximate surface area is 109 Å². The second-order valence-electron chi connectivity index (χ2n) is 5.37. The van der Waals surface area contributed by atoms with Gasteiger partial charge in [0, 0.05) is 30.4 Å². The van der Waals surface area contributed by atoms with Gasteiger partial charge in [-0.2, -0.15) is 0 Å². The van der Waals surface area contributed by atoms with Gasteiger partial charge in [-0.05, 0) is 32.3 Å². The first-order chi connectivity index (χ1) is 8.72. The molecule has 0 aliphatic heterocycles. The van der Waals surface area contributed by atoms with Crippen LogP contribution >= 0.6 is 0 Å². The van der Waals surface area contributed by atoms with Crippen molar-refractivity contribution in [2.45, 2.75) is 64.6 Å². The lowest BCUT2D eigenvalue weighted by molar-refractivity contribution is 0.495. The molecule has 1 aromatic rings. The van der Waals surface area contributed by atoms with Crippen molar-refractivity contribution in [1.82, 2.24) is 9.88 Å². The van der Waals surface area contributed by atoms with Crippen molar-refractivity contribution < 1.29 is 0 Å². The first-order valence-corrected chi connectivity index (χ1v) is 7.15. The molecule has 1 unspecified atom stereocenters. The van der Waals surface area contributed by atoms with E-state index < -0.39 is 0 Å². The Balaban J connectivity index is 2.06. The van der Waals surface area contributed by atoms with Gasteiger partial charge in [-0.25, -0.2) is 0 Å². The maximum atomic E-state index is 12.3. The zero-order chi connectivity index (χ0) is 13.0. The van der Waals surface area contributed by atoms with E-state index in [1.54, 1.807) is 0 Å². The molecule has 100 valence electrons. The van der Waals surface area contributed by atoms with Crippen LogP contribution in [0.15, 0.2) is 23.1 Å². The van der Waals surface area contributed by atoms with Crippen molar-refractivity contribution in [3.05, 3.63) is 34.2 Å². The van der Waals surface area contributed by atoms with E-state index in [1.165, 1.54) is 25.7 Å². The Morgan fingerprint density at radius 2 is 2.17 bits per heavy atom. The number of hydrogen-bond donors (Lipinski definition) is 1. The number of nitrogens with one attached hydrogen (secondary N) is 1. The van der Waals surface area contributed by atoms with E-state index in [-0.39, 0.29) is 11.6 Å². The van der Waals surface area contributed by atoms with Gasteiger partial charge in [0.15, 0.2) is 0 Å². The van der Waals surface area contributed by atoms with Gasteiger partial charge in [0.2, 0.25) is 0 Å². The van der Waals surface area contributed by atoms with E-state index in [0.29, 0.717) is 12.6 Å². The largest absolute Gasteiger partial charge is 0.312 e. The quantitative estimate of drug-likeness (QED) is 0.869. The molecular weight excluding hydrogens is 224 g/mol. The van der Waals surface area contributed by atoms with Crippen LogP contribution in [0.1, 0.15) is 57.6 Å². The lowest BCUT2D eigenvalue weighted by atomic mass is 10.2. The smallest absolute Gasteiger partial charge is 0.255 e. The molecule has 1 N–H and O–H groups in total. The molecule has 1 aliphatic rings. The minimum atomic E-state index is 0.164. The van der Waals surface area contributed by atoms with Gasteiger partial charge < -0.3 is 9.88 Å². The molecule has 1 aliphatic carbocycles. The summed E-state index contributed by atoms with van der Waals surface area (Å²) in [6.07, 6.45) is 8.04. The zero-order valence-electron chi connectivity index (χ0n) is 11.5. The summed E-state index contributed by atoms with van der Waals surface area (Å²) >= 11 is 0. The average Bonchev–Trinajstić information content (AvgIpc) is 2.90. The van der Waals surface area contributed by atoms with Gasteiger partial charge in [-0.1, -0.05) is 25.8 Å². The summed E-state index contributed by atoms with van der Waals surface area (Å²) < 4.78 is 1.85. The summed E-state index contributed by atoms with van der Waals surface area (Å²) in [5, 5.41) is 3.51. The number of pyridine rings is 1. The number of hydrogen-bond acceptors (Lipinski definition) is 2. The van der Waals surface area contributed by atoms with Crippen LogP contribution in [0.4, 0.5) is 0 Å². The maximum Gasteiger partial charge on any atom is 0.255 e. The molecule has 1 fully saturated rings. The Bertz CT molecular complexity index is 432. The summed E-state index contributed by atoms with van der Waals surface area (Å²) in [5.41, 5.74) is 1.06. The summed E-state index contributed by atoms with van der Waals surface area (Å²) in [6, 6.07) is 4.83. The Morgan fingerprint density at radius 1 is 1.44 bits per heavy atom. The number of nitrogens with zero attached hydrogens (tertiary/aromatic N) is 1. The fourth-order valence-electron chi connectivity index (χ4n) is 2.62.